The molecule has 2 amide bonds. The standard InChI is InChI=1S/C14H22N2O5/c1-14(21-8-13(19)20)9-16(10-14)12(18)7-15-6-4-2-3-5-11(15)17/h2-10H2,1H3,(H,19,20). The van der Waals surface area contributed by atoms with Gasteiger partial charge in [0, 0.05) is 13.0 Å². The van der Waals surface area contributed by atoms with Crippen LogP contribution in [0.4, 0.5) is 0 Å². The van der Waals surface area contributed by atoms with Gasteiger partial charge < -0.3 is 19.6 Å². The van der Waals surface area contributed by atoms with Gasteiger partial charge in [-0.25, -0.2) is 4.79 Å². The van der Waals surface area contributed by atoms with Gasteiger partial charge in [0.15, 0.2) is 0 Å². The van der Waals surface area contributed by atoms with Crippen LogP contribution in [-0.4, -0.2) is 71.1 Å². The lowest BCUT2D eigenvalue weighted by molar-refractivity contribution is -0.174. The number of likely N-dealkylation sites (tertiary alicyclic amines) is 2. The van der Waals surface area contributed by atoms with Gasteiger partial charge in [-0.05, 0) is 19.8 Å². The zero-order chi connectivity index (χ0) is 15.5. The van der Waals surface area contributed by atoms with Crippen molar-refractivity contribution < 1.29 is 24.2 Å². The number of carboxylic acids is 1. The summed E-state index contributed by atoms with van der Waals surface area (Å²) in [6.07, 6.45) is 3.39. The summed E-state index contributed by atoms with van der Waals surface area (Å²) in [6.45, 7) is 2.95. The van der Waals surface area contributed by atoms with E-state index in [9.17, 15) is 14.4 Å². The minimum absolute atomic E-state index is 0.0475. The smallest absolute Gasteiger partial charge is 0.329 e. The molecule has 7 heteroatoms. The summed E-state index contributed by atoms with van der Waals surface area (Å²) in [5.41, 5.74) is -0.586. The Kier molecular flexibility index (Phi) is 4.82. The van der Waals surface area contributed by atoms with Crippen LogP contribution in [0.15, 0.2) is 0 Å². The normalized spacial score (nSPS) is 21.7. The lowest BCUT2D eigenvalue weighted by atomic mass is 9.96. The molecule has 0 atom stereocenters. The van der Waals surface area contributed by atoms with Gasteiger partial charge in [-0.3, -0.25) is 9.59 Å². The highest BCUT2D eigenvalue weighted by Gasteiger charge is 2.43. The first kappa shape index (κ1) is 15.8. The monoisotopic (exact) mass is 298 g/mol. The fourth-order valence-electron chi connectivity index (χ4n) is 2.73. The van der Waals surface area contributed by atoms with Crippen LogP contribution in [0.3, 0.4) is 0 Å². The Morgan fingerprint density at radius 2 is 2.00 bits per heavy atom. The van der Waals surface area contributed by atoms with Crippen molar-refractivity contribution in [2.75, 3.05) is 32.8 Å². The summed E-state index contributed by atoms with van der Waals surface area (Å²) in [7, 11) is 0. The average molecular weight is 298 g/mol. The number of nitrogens with zero attached hydrogens (tertiary/aromatic N) is 2. The number of amides is 2. The molecule has 2 aliphatic heterocycles. The first-order chi connectivity index (χ1) is 9.89. The highest BCUT2D eigenvalue weighted by Crippen LogP contribution is 2.25. The van der Waals surface area contributed by atoms with Gasteiger partial charge in [0.25, 0.3) is 0 Å². The summed E-state index contributed by atoms with van der Waals surface area (Å²) < 4.78 is 5.26. The highest BCUT2D eigenvalue weighted by molar-refractivity contribution is 5.85. The quantitative estimate of drug-likeness (QED) is 0.777. The van der Waals surface area contributed by atoms with Crippen LogP contribution in [0, 0.1) is 0 Å². The van der Waals surface area contributed by atoms with Crippen LogP contribution in [0.25, 0.3) is 0 Å². The van der Waals surface area contributed by atoms with Crippen molar-refractivity contribution in [2.24, 2.45) is 0 Å². The predicted molar refractivity (Wildman–Crippen MR) is 73.6 cm³/mol. The van der Waals surface area contributed by atoms with Crippen molar-refractivity contribution in [1.82, 2.24) is 9.80 Å². The predicted octanol–water partition coefficient (Wildman–Crippen LogP) is 0.0911. The summed E-state index contributed by atoms with van der Waals surface area (Å²) >= 11 is 0. The molecule has 0 radical (unpaired) electrons. The second kappa shape index (κ2) is 6.43. The molecule has 2 fully saturated rings. The molecule has 118 valence electrons. The maximum Gasteiger partial charge on any atom is 0.329 e. The molecule has 0 unspecified atom stereocenters. The number of hydrogen-bond acceptors (Lipinski definition) is 4. The highest BCUT2D eigenvalue weighted by atomic mass is 16.5. The third-order valence-corrected chi connectivity index (χ3v) is 3.94. The first-order valence-electron chi connectivity index (χ1n) is 7.31. The fourth-order valence-corrected chi connectivity index (χ4v) is 2.73. The molecule has 0 saturated carbocycles. The average Bonchev–Trinajstić information content (AvgIpc) is 2.58. The number of hydrogen-bond donors (Lipinski definition) is 1. The summed E-state index contributed by atoms with van der Waals surface area (Å²) in [5, 5.41) is 8.59. The van der Waals surface area contributed by atoms with Crippen molar-refractivity contribution in [1.29, 1.82) is 0 Å². The van der Waals surface area contributed by atoms with Gasteiger partial charge in [0.1, 0.15) is 12.2 Å². The van der Waals surface area contributed by atoms with E-state index in [1.807, 2.05) is 0 Å². The van der Waals surface area contributed by atoms with E-state index in [-0.39, 0.29) is 25.0 Å². The van der Waals surface area contributed by atoms with Crippen molar-refractivity contribution in [2.45, 2.75) is 38.2 Å². The van der Waals surface area contributed by atoms with E-state index < -0.39 is 11.6 Å². The summed E-state index contributed by atoms with van der Waals surface area (Å²) in [6, 6.07) is 0. The fraction of sp³-hybridized carbons (Fsp3) is 0.786. The second-order valence-corrected chi connectivity index (χ2v) is 6.01. The summed E-state index contributed by atoms with van der Waals surface area (Å²) in [4.78, 5) is 37.7. The molecule has 0 aliphatic carbocycles. The van der Waals surface area contributed by atoms with Crippen LogP contribution in [-0.2, 0) is 19.1 Å². The Bertz CT molecular complexity index is 431. The first-order valence-corrected chi connectivity index (χ1v) is 7.31. The van der Waals surface area contributed by atoms with Gasteiger partial charge in [-0.15, -0.1) is 0 Å². The Labute approximate surface area is 123 Å². The van der Waals surface area contributed by atoms with Crippen LogP contribution in [0.2, 0.25) is 0 Å². The molecule has 0 aromatic heterocycles. The molecule has 2 saturated heterocycles. The minimum atomic E-state index is -1.02. The van der Waals surface area contributed by atoms with E-state index in [0.717, 1.165) is 19.3 Å². The minimum Gasteiger partial charge on any atom is -0.480 e. The van der Waals surface area contributed by atoms with E-state index in [0.29, 0.717) is 26.1 Å². The van der Waals surface area contributed by atoms with Gasteiger partial charge in [0.05, 0.1) is 19.6 Å². The lowest BCUT2D eigenvalue weighted by Gasteiger charge is -2.47. The number of carboxylic acid groups (broad SMARTS) is 1. The molecule has 0 bridgehead atoms. The van der Waals surface area contributed by atoms with Crippen molar-refractivity contribution in [3.63, 3.8) is 0 Å². The Balaban J connectivity index is 1.77. The molecule has 2 heterocycles. The SMILES string of the molecule is CC1(OCC(=O)O)CN(C(=O)CN2CCCCCC2=O)C1. The van der Waals surface area contributed by atoms with Crippen LogP contribution in [0.5, 0.6) is 0 Å². The van der Waals surface area contributed by atoms with Gasteiger partial charge in [-0.2, -0.15) is 0 Å². The molecule has 0 aromatic rings. The third kappa shape index (κ3) is 4.17. The maximum absolute atomic E-state index is 12.1. The molecular weight excluding hydrogens is 276 g/mol. The maximum atomic E-state index is 12.1. The van der Waals surface area contributed by atoms with Crippen molar-refractivity contribution in [3.05, 3.63) is 0 Å². The van der Waals surface area contributed by atoms with Gasteiger partial charge >= 0.3 is 5.97 Å². The van der Waals surface area contributed by atoms with E-state index in [2.05, 4.69) is 0 Å². The number of ether oxygens (including phenoxy) is 1. The molecular formula is C14H22N2O5. The topological polar surface area (TPSA) is 87.2 Å². The molecule has 1 N–H and O–H groups in total. The summed E-state index contributed by atoms with van der Waals surface area (Å²) in [5.74, 6) is -1.07. The van der Waals surface area contributed by atoms with E-state index in [4.69, 9.17) is 9.84 Å². The van der Waals surface area contributed by atoms with Crippen LogP contribution in [0.1, 0.15) is 32.6 Å². The molecule has 0 aromatic carbocycles. The van der Waals surface area contributed by atoms with Gasteiger partial charge in [-0.1, -0.05) is 6.42 Å². The van der Waals surface area contributed by atoms with Crippen LogP contribution >= 0.6 is 0 Å². The third-order valence-electron chi connectivity index (χ3n) is 3.94. The number of aliphatic carboxylic acids is 1. The Morgan fingerprint density at radius 3 is 2.67 bits per heavy atom. The molecule has 0 spiro atoms. The largest absolute Gasteiger partial charge is 0.480 e. The lowest BCUT2D eigenvalue weighted by Crippen LogP contribution is -2.64. The molecule has 2 aliphatic rings. The molecule has 7 nitrogen and oxygen atoms in total. The van der Waals surface area contributed by atoms with E-state index in [1.165, 1.54) is 0 Å². The zero-order valence-electron chi connectivity index (χ0n) is 12.3. The Morgan fingerprint density at radius 1 is 1.29 bits per heavy atom. The van der Waals surface area contributed by atoms with Crippen LogP contribution < -0.4 is 0 Å². The molecule has 21 heavy (non-hydrogen) atoms. The van der Waals surface area contributed by atoms with Gasteiger partial charge in [0.2, 0.25) is 11.8 Å². The number of carbonyl (C=O) groups excluding carboxylic acids is 2. The molecule has 2 rings (SSSR count). The van der Waals surface area contributed by atoms with E-state index in [1.54, 1.807) is 16.7 Å². The Hall–Kier alpha value is -1.63. The van der Waals surface area contributed by atoms with E-state index >= 15 is 0 Å². The number of carbonyl (C=O) groups is 3. The second-order valence-electron chi connectivity index (χ2n) is 6.01. The number of rotatable bonds is 5. The zero-order valence-corrected chi connectivity index (χ0v) is 12.3. The van der Waals surface area contributed by atoms with Crippen molar-refractivity contribution >= 4 is 17.8 Å². The van der Waals surface area contributed by atoms with Crippen molar-refractivity contribution in [3.8, 4) is 0 Å².